The van der Waals surface area contributed by atoms with Gasteiger partial charge in [0.1, 0.15) is 6.04 Å². The lowest BCUT2D eigenvalue weighted by molar-refractivity contribution is -0.149. The minimum absolute atomic E-state index is 0.117. The Labute approximate surface area is 166 Å². The molecule has 0 aliphatic carbocycles. The molecule has 0 fully saturated rings. The summed E-state index contributed by atoms with van der Waals surface area (Å²) in [4.78, 5) is 40.8. The third-order valence-corrected chi connectivity index (χ3v) is 4.78. The molecule has 1 aliphatic heterocycles. The Morgan fingerprint density at radius 2 is 1.75 bits per heavy atom. The average Bonchev–Trinajstić information content (AvgIpc) is 2.67. The fourth-order valence-electron chi connectivity index (χ4n) is 3.36. The van der Waals surface area contributed by atoms with Gasteiger partial charge in [0, 0.05) is 25.6 Å². The summed E-state index contributed by atoms with van der Waals surface area (Å²) in [6.07, 6.45) is 0.539. The molecule has 7 heteroatoms. The molecule has 0 bridgehead atoms. The van der Waals surface area contributed by atoms with Gasteiger partial charge in [-0.3, -0.25) is 4.79 Å². The maximum absolute atomic E-state index is 13.3. The Kier molecular flexibility index (Phi) is 7.84. The number of nitrogens with zero attached hydrogens (tertiary/aromatic N) is 2. The van der Waals surface area contributed by atoms with Crippen molar-refractivity contribution in [2.24, 2.45) is 0 Å². The Bertz CT molecular complexity index is 704. The number of hydrogen-bond donors (Lipinski definition) is 0. The molecule has 28 heavy (non-hydrogen) atoms. The standard InChI is InChI=1S/C21H30N2O5/c1-5-27-19(24)11-12-22(15(3)4)21(26)23-14-17-10-8-7-9-16(17)13-18(23)20(25)28-6-2/h7-10,15,18H,5-6,11-14H2,1-4H3/t18-/m0/s1. The number of amides is 2. The monoisotopic (exact) mass is 390 g/mol. The largest absolute Gasteiger partial charge is 0.466 e. The van der Waals surface area contributed by atoms with Gasteiger partial charge in [-0.2, -0.15) is 0 Å². The van der Waals surface area contributed by atoms with E-state index in [0.717, 1.165) is 11.1 Å². The first-order valence-electron chi connectivity index (χ1n) is 9.85. The molecule has 154 valence electrons. The van der Waals surface area contributed by atoms with Crippen molar-refractivity contribution < 1.29 is 23.9 Å². The van der Waals surface area contributed by atoms with Gasteiger partial charge in [0.05, 0.1) is 19.6 Å². The molecule has 1 aliphatic rings. The third kappa shape index (κ3) is 5.24. The lowest BCUT2D eigenvalue weighted by Gasteiger charge is -2.39. The number of urea groups is 1. The van der Waals surface area contributed by atoms with Crippen LogP contribution in [0.25, 0.3) is 0 Å². The third-order valence-electron chi connectivity index (χ3n) is 4.78. The summed E-state index contributed by atoms with van der Waals surface area (Å²) in [6, 6.07) is 6.73. The van der Waals surface area contributed by atoms with Crippen LogP contribution in [0.3, 0.4) is 0 Å². The number of carbonyl (C=O) groups is 3. The van der Waals surface area contributed by atoms with E-state index in [9.17, 15) is 14.4 Å². The summed E-state index contributed by atoms with van der Waals surface area (Å²) in [5, 5.41) is 0. The van der Waals surface area contributed by atoms with Crippen LogP contribution in [0, 0.1) is 0 Å². The van der Waals surface area contributed by atoms with Crippen molar-refractivity contribution in [3.05, 3.63) is 35.4 Å². The van der Waals surface area contributed by atoms with Crippen LogP contribution in [0.5, 0.6) is 0 Å². The van der Waals surface area contributed by atoms with Gasteiger partial charge in [0.15, 0.2) is 0 Å². The number of fused-ring (bicyclic) bond motifs is 1. The highest BCUT2D eigenvalue weighted by Crippen LogP contribution is 2.26. The van der Waals surface area contributed by atoms with Gasteiger partial charge in [-0.05, 0) is 38.8 Å². The van der Waals surface area contributed by atoms with Gasteiger partial charge in [-0.25, -0.2) is 9.59 Å². The number of ether oxygens (including phenoxy) is 2. The van der Waals surface area contributed by atoms with E-state index in [1.54, 1.807) is 23.6 Å². The Hall–Kier alpha value is -2.57. The van der Waals surface area contributed by atoms with Crippen molar-refractivity contribution in [2.45, 2.75) is 59.2 Å². The Morgan fingerprint density at radius 1 is 1.11 bits per heavy atom. The fraction of sp³-hybridized carbons (Fsp3) is 0.571. The van der Waals surface area contributed by atoms with Gasteiger partial charge in [0.2, 0.25) is 0 Å². The van der Waals surface area contributed by atoms with Crippen LogP contribution in [0.4, 0.5) is 4.79 Å². The highest BCUT2D eigenvalue weighted by molar-refractivity contribution is 5.85. The van der Waals surface area contributed by atoms with Crippen LogP contribution in [-0.2, 0) is 32.0 Å². The van der Waals surface area contributed by atoms with Gasteiger partial charge in [-0.15, -0.1) is 0 Å². The smallest absolute Gasteiger partial charge is 0.329 e. The van der Waals surface area contributed by atoms with Crippen molar-refractivity contribution >= 4 is 18.0 Å². The first-order chi connectivity index (χ1) is 13.4. The highest BCUT2D eigenvalue weighted by Gasteiger charge is 2.38. The van der Waals surface area contributed by atoms with Crippen LogP contribution < -0.4 is 0 Å². The first-order valence-corrected chi connectivity index (χ1v) is 9.85. The normalized spacial score (nSPS) is 15.8. The second-order valence-corrected chi connectivity index (χ2v) is 6.99. The summed E-state index contributed by atoms with van der Waals surface area (Å²) in [5.74, 6) is -0.744. The van der Waals surface area contributed by atoms with E-state index in [1.165, 1.54) is 0 Å². The molecule has 0 radical (unpaired) electrons. The minimum atomic E-state index is -0.675. The summed E-state index contributed by atoms with van der Waals surface area (Å²) >= 11 is 0. The van der Waals surface area contributed by atoms with Crippen molar-refractivity contribution in [1.82, 2.24) is 9.80 Å². The zero-order valence-corrected chi connectivity index (χ0v) is 17.1. The van der Waals surface area contributed by atoms with Crippen molar-refractivity contribution in [2.75, 3.05) is 19.8 Å². The first kappa shape index (κ1) is 21.7. The molecule has 1 aromatic carbocycles. The molecule has 1 atom stereocenters. The number of esters is 2. The number of carbonyl (C=O) groups excluding carboxylic acids is 3. The van der Waals surface area contributed by atoms with E-state index in [0.29, 0.717) is 19.6 Å². The molecule has 0 N–H and O–H groups in total. The predicted molar refractivity (Wildman–Crippen MR) is 105 cm³/mol. The number of hydrogen-bond acceptors (Lipinski definition) is 5. The zero-order chi connectivity index (χ0) is 20.7. The van der Waals surface area contributed by atoms with E-state index < -0.39 is 12.0 Å². The van der Waals surface area contributed by atoms with Crippen LogP contribution >= 0.6 is 0 Å². The molecule has 1 aromatic rings. The van der Waals surface area contributed by atoms with Crippen molar-refractivity contribution in [3.63, 3.8) is 0 Å². The zero-order valence-electron chi connectivity index (χ0n) is 17.1. The van der Waals surface area contributed by atoms with E-state index in [4.69, 9.17) is 9.47 Å². The van der Waals surface area contributed by atoms with E-state index >= 15 is 0 Å². The SMILES string of the molecule is CCOC(=O)CCN(C(=O)N1Cc2ccccc2C[C@H]1C(=O)OCC)C(C)C. The maximum Gasteiger partial charge on any atom is 0.329 e. The van der Waals surface area contributed by atoms with Crippen molar-refractivity contribution in [3.8, 4) is 0 Å². The molecule has 0 aromatic heterocycles. The quantitative estimate of drug-likeness (QED) is 0.669. The molecule has 2 rings (SSSR count). The summed E-state index contributed by atoms with van der Waals surface area (Å²) in [6.45, 7) is 8.42. The van der Waals surface area contributed by atoms with Crippen molar-refractivity contribution in [1.29, 1.82) is 0 Å². The molecular weight excluding hydrogens is 360 g/mol. The molecule has 2 amide bonds. The second-order valence-electron chi connectivity index (χ2n) is 6.99. The van der Waals surface area contributed by atoms with Gasteiger partial charge >= 0.3 is 18.0 Å². The lowest BCUT2D eigenvalue weighted by Crippen LogP contribution is -2.55. The molecule has 1 heterocycles. The van der Waals surface area contributed by atoms with Crippen LogP contribution in [0.15, 0.2) is 24.3 Å². The molecule has 0 unspecified atom stereocenters. The van der Waals surface area contributed by atoms with Crippen LogP contribution in [-0.4, -0.2) is 59.6 Å². The molecule has 7 nitrogen and oxygen atoms in total. The summed E-state index contributed by atoms with van der Waals surface area (Å²) < 4.78 is 10.2. The summed E-state index contributed by atoms with van der Waals surface area (Å²) in [7, 11) is 0. The molecular formula is C21H30N2O5. The van der Waals surface area contributed by atoms with E-state index in [-0.39, 0.29) is 37.6 Å². The number of rotatable bonds is 7. The second kappa shape index (κ2) is 10.1. The van der Waals surface area contributed by atoms with E-state index in [2.05, 4.69) is 0 Å². The van der Waals surface area contributed by atoms with Gasteiger partial charge in [-0.1, -0.05) is 24.3 Å². The molecule has 0 saturated carbocycles. The Balaban J connectivity index is 2.24. The van der Waals surface area contributed by atoms with Gasteiger partial charge < -0.3 is 19.3 Å². The summed E-state index contributed by atoms with van der Waals surface area (Å²) in [5.41, 5.74) is 2.07. The van der Waals surface area contributed by atoms with Crippen LogP contribution in [0.2, 0.25) is 0 Å². The van der Waals surface area contributed by atoms with Crippen LogP contribution in [0.1, 0.15) is 45.2 Å². The number of benzene rings is 1. The van der Waals surface area contributed by atoms with E-state index in [1.807, 2.05) is 38.1 Å². The fourth-order valence-corrected chi connectivity index (χ4v) is 3.36. The maximum atomic E-state index is 13.3. The van der Waals surface area contributed by atoms with Gasteiger partial charge in [0.25, 0.3) is 0 Å². The minimum Gasteiger partial charge on any atom is -0.466 e. The predicted octanol–water partition coefficient (Wildman–Crippen LogP) is 2.76. The highest BCUT2D eigenvalue weighted by atomic mass is 16.5. The Morgan fingerprint density at radius 3 is 2.36 bits per heavy atom. The molecule has 0 saturated heterocycles. The lowest BCUT2D eigenvalue weighted by atomic mass is 9.94. The topological polar surface area (TPSA) is 76.2 Å². The average molecular weight is 390 g/mol. The molecule has 0 spiro atoms.